The van der Waals surface area contributed by atoms with Crippen LogP contribution in [-0.2, 0) is 16.6 Å². The molecule has 170 valence electrons. The molecule has 0 atom stereocenters. The minimum absolute atomic E-state index is 0.0430. The summed E-state index contributed by atoms with van der Waals surface area (Å²) in [5.41, 5.74) is 0.920. The summed E-state index contributed by atoms with van der Waals surface area (Å²) in [5.74, 6) is 1.70. The van der Waals surface area contributed by atoms with Crippen LogP contribution in [0.1, 0.15) is 5.56 Å². The van der Waals surface area contributed by atoms with Crippen molar-refractivity contribution in [1.82, 2.24) is 9.21 Å². The molecule has 7 nitrogen and oxygen atoms in total. The second-order valence-corrected chi connectivity index (χ2v) is 10.00. The molecule has 2 aromatic rings. The van der Waals surface area contributed by atoms with Crippen molar-refractivity contribution < 1.29 is 22.6 Å². The van der Waals surface area contributed by atoms with Crippen LogP contribution in [0.5, 0.6) is 17.2 Å². The van der Waals surface area contributed by atoms with Crippen LogP contribution in [-0.4, -0.2) is 65.1 Å². The third-order valence-corrected chi connectivity index (χ3v) is 8.19. The number of hydrogen-bond acceptors (Lipinski definition) is 6. The van der Waals surface area contributed by atoms with Gasteiger partial charge in [-0.25, -0.2) is 8.42 Å². The van der Waals surface area contributed by atoms with Gasteiger partial charge in [-0.3, -0.25) is 4.90 Å². The number of benzene rings is 2. The van der Waals surface area contributed by atoms with Crippen molar-refractivity contribution in [3.05, 3.63) is 44.9 Å². The summed E-state index contributed by atoms with van der Waals surface area (Å²) < 4.78 is 43.8. The maximum absolute atomic E-state index is 13.1. The zero-order valence-electron chi connectivity index (χ0n) is 17.3. The van der Waals surface area contributed by atoms with Gasteiger partial charge in [-0.05, 0) is 18.2 Å². The summed E-state index contributed by atoms with van der Waals surface area (Å²) in [6.45, 7) is 2.28. The quantitative estimate of drug-likeness (QED) is 0.522. The third-order valence-electron chi connectivity index (χ3n) is 5.10. The normalized spacial score (nSPS) is 15.7. The van der Waals surface area contributed by atoms with E-state index in [1.54, 1.807) is 21.3 Å². The molecule has 0 bridgehead atoms. The Balaban J connectivity index is 1.74. The molecule has 0 unspecified atom stereocenters. The van der Waals surface area contributed by atoms with Gasteiger partial charge in [0.1, 0.15) is 4.90 Å². The highest BCUT2D eigenvalue weighted by Crippen LogP contribution is 2.40. The van der Waals surface area contributed by atoms with Crippen LogP contribution in [0.25, 0.3) is 0 Å². The average molecular weight is 510 g/mol. The summed E-state index contributed by atoms with van der Waals surface area (Å²) in [6.07, 6.45) is 0. The van der Waals surface area contributed by atoms with E-state index in [2.05, 4.69) is 4.90 Å². The molecular formula is C20H23Cl3N2O5S. The lowest BCUT2D eigenvalue weighted by Gasteiger charge is -2.34. The molecule has 0 spiro atoms. The highest BCUT2D eigenvalue weighted by Gasteiger charge is 2.31. The minimum atomic E-state index is -3.79. The number of sulfonamides is 1. The van der Waals surface area contributed by atoms with Crippen molar-refractivity contribution in [3.63, 3.8) is 0 Å². The largest absolute Gasteiger partial charge is 0.493 e. The Bertz CT molecular complexity index is 1060. The van der Waals surface area contributed by atoms with Crippen molar-refractivity contribution >= 4 is 44.8 Å². The number of piperazine rings is 1. The first-order valence-electron chi connectivity index (χ1n) is 9.37. The zero-order valence-corrected chi connectivity index (χ0v) is 20.4. The zero-order chi connectivity index (χ0) is 22.8. The summed E-state index contributed by atoms with van der Waals surface area (Å²) in [5, 5.41) is 0.398. The van der Waals surface area contributed by atoms with Crippen molar-refractivity contribution in [2.45, 2.75) is 11.4 Å². The van der Waals surface area contributed by atoms with Crippen molar-refractivity contribution in [2.75, 3.05) is 47.5 Å². The fourth-order valence-corrected chi connectivity index (χ4v) is 5.90. The number of ether oxygens (including phenoxy) is 3. The van der Waals surface area contributed by atoms with E-state index in [1.807, 2.05) is 12.1 Å². The Kier molecular flexibility index (Phi) is 7.83. The maximum Gasteiger partial charge on any atom is 0.244 e. The third kappa shape index (κ3) is 4.99. The standard InChI is InChI=1S/C20H23Cl3N2O5S/c1-28-17-5-4-13(19(29-2)20(17)30-3)12-24-6-8-25(9-7-24)31(26,27)18-11-15(22)14(21)10-16(18)23/h4-5,10-11H,6-9,12H2,1-3H3. The van der Waals surface area contributed by atoms with Crippen LogP contribution in [0.4, 0.5) is 0 Å². The molecule has 2 aromatic carbocycles. The Morgan fingerprint density at radius 2 is 1.45 bits per heavy atom. The molecule has 1 saturated heterocycles. The summed E-state index contributed by atoms with van der Waals surface area (Å²) in [7, 11) is 0.909. The number of hydrogen-bond donors (Lipinski definition) is 0. The predicted molar refractivity (Wildman–Crippen MR) is 122 cm³/mol. The van der Waals surface area contributed by atoms with E-state index in [0.29, 0.717) is 50.0 Å². The monoisotopic (exact) mass is 508 g/mol. The molecule has 3 rings (SSSR count). The highest BCUT2D eigenvalue weighted by atomic mass is 35.5. The van der Waals surface area contributed by atoms with E-state index in [9.17, 15) is 8.42 Å². The lowest BCUT2D eigenvalue weighted by Crippen LogP contribution is -2.48. The van der Waals surface area contributed by atoms with Gasteiger partial charge in [0, 0.05) is 38.3 Å². The molecular weight excluding hydrogens is 487 g/mol. The predicted octanol–water partition coefficient (Wildman–Crippen LogP) is 4.18. The van der Waals surface area contributed by atoms with Crippen LogP contribution in [0.15, 0.2) is 29.2 Å². The molecule has 1 fully saturated rings. The summed E-state index contributed by atoms with van der Waals surface area (Å²) >= 11 is 18.1. The Morgan fingerprint density at radius 1 is 0.839 bits per heavy atom. The maximum atomic E-state index is 13.1. The second kappa shape index (κ2) is 10.0. The summed E-state index contributed by atoms with van der Waals surface area (Å²) in [6, 6.07) is 6.38. The molecule has 1 aliphatic heterocycles. The SMILES string of the molecule is COc1ccc(CN2CCN(S(=O)(=O)c3cc(Cl)c(Cl)cc3Cl)CC2)c(OC)c1OC. The first kappa shape index (κ1) is 24.2. The van der Waals surface area contributed by atoms with Gasteiger partial charge in [0.05, 0.1) is 36.4 Å². The molecule has 1 heterocycles. The number of halogens is 3. The summed E-state index contributed by atoms with van der Waals surface area (Å²) in [4.78, 5) is 2.10. The van der Waals surface area contributed by atoms with Gasteiger partial charge >= 0.3 is 0 Å². The van der Waals surface area contributed by atoms with Crippen LogP contribution in [0, 0.1) is 0 Å². The van der Waals surface area contributed by atoms with Gasteiger partial charge in [-0.1, -0.05) is 40.9 Å². The van der Waals surface area contributed by atoms with Crippen LogP contribution < -0.4 is 14.2 Å². The second-order valence-electron chi connectivity index (χ2n) is 6.87. The van der Waals surface area contributed by atoms with Gasteiger partial charge < -0.3 is 14.2 Å². The van der Waals surface area contributed by atoms with Gasteiger partial charge in [0.15, 0.2) is 11.5 Å². The van der Waals surface area contributed by atoms with Gasteiger partial charge in [-0.15, -0.1) is 0 Å². The fourth-order valence-electron chi connectivity index (χ4n) is 3.50. The number of rotatable bonds is 7. The number of nitrogens with zero attached hydrogens (tertiary/aromatic N) is 2. The van der Waals surface area contributed by atoms with E-state index < -0.39 is 10.0 Å². The van der Waals surface area contributed by atoms with Crippen molar-refractivity contribution in [3.8, 4) is 17.2 Å². The van der Waals surface area contributed by atoms with E-state index in [-0.39, 0.29) is 20.0 Å². The lowest BCUT2D eigenvalue weighted by molar-refractivity contribution is 0.179. The highest BCUT2D eigenvalue weighted by molar-refractivity contribution is 7.89. The molecule has 0 amide bonds. The molecule has 0 aliphatic carbocycles. The molecule has 0 N–H and O–H groups in total. The average Bonchev–Trinajstić information content (AvgIpc) is 2.76. The number of methoxy groups -OCH3 is 3. The van der Waals surface area contributed by atoms with Gasteiger partial charge in [0.2, 0.25) is 15.8 Å². The smallest absolute Gasteiger partial charge is 0.244 e. The molecule has 1 aliphatic rings. The van der Waals surface area contributed by atoms with Crippen molar-refractivity contribution in [1.29, 1.82) is 0 Å². The van der Waals surface area contributed by atoms with E-state index in [0.717, 1.165) is 5.56 Å². The Labute approximate surface area is 197 Å². The van der Waals surface area contributed by atoms with Crippen LogP contribution in [0.3, 0.4) is 0 Å². The van der Waals surface area contributed by atoms with Crippen LogP contribution >= 0.6 is 34.8 Å². The lowest BCUT2D eigenvalue weighted by atomic mass is 10.1. The van der Waals surface area contributed by atoms with Crippen molar-refractivity contribution in [2.24, 2.45) is 0 Å². The first-order valence-corrected chi connectivity index (χ1v) is 11.9. The fraction of sp³-hybridized carbons (Fsp3) is 0.400. The molecule has 0 saturated carbocycles. The van der Waals surface area contributed by atoms with E-state index >= 15 is 0 Å². The molecule has 31 heavy (non-hydrogen) atoms. The van der Waals surface area contributed by atoms with Gasteiger partial charge in [-0.2, -0.15) is 4.31 Å². The van der Waals surface area contributed by atoms with Crippen LogP contribution in [0.2, 0.25) is 15.1 Å². The Morgan fingerprint density at radius 3 is 2.03 bits per heavy atom. The van der Waals surface area contributed by atoms with Gasteiger partial charge in [0.25, 0.3) is 0 Å². The molecule has 11 heteroatoms. The first-order chi connectivity index (χ1) is 14.7. The minimum Gasteiger partial charge on any atom is -0.493 e. The van der Waals surface area contributed by atoms with E-state index in [1.165, 1.54) is 16.4 Å². The topological polar surface area (TPSA) is 68.3 Å². The molecule has 0 aromatic heterocycles. The Hall–Kier alpha value is -1.42. The van der Waals surface area contributed by atoms with E-state index in [4.69, 9.17) is 49.0 Å². The molecule has 0 radical (unpaired) electrons.